The standard InChI is InChI=1S/C11H18N2O8.2H3N/c1-7(13(5-10(18)19)6-11(20)21)2-12(3-8(14)15)4-9(16)17;;/h7H,2-6H2,1H3,(H,14,15)(H,16,17)(H,18,19)(H,20,21);2*1H3. The molecule has 12 heteroatoms. The van der Waals surface area contributed by atoms with Crippen LogP contribution in [-0.4, -0.2) is 82.7 Å². The number of carbonyl (C=O) groups excluding carboxylic acids is 2. The van der Waals surface area contributed by atoms with Gasteiger partial charge in [-0.2, -0.15) is 0 Å². The minimum atomic E-state index is -1.51. The first-order chi connectivity index (χ1) is 9.61. The number of hydrogen-bond acceptors (Lipinski definition) is 8. The van der Waals surface area contributed by atoms with Crippen LogP contribution >= 0.6 is 0 Å². The van der Waals surface area contributed by atoms with Crippen molar-refractivity contribution in [2.45, 2.75) is 13.0 Å². The fourth-order valence-corrected chi connectivity index (χ4v) is 1.76. The van der Waals surface area contributed by atoms with Crippen LogP contribution in [0.15, 0.2) is 0 Å². The van der Waals surface area contributed by atoms with Gasteiger partial charge in [0.25, 0.3) is 0 Å². The van der Waals surface area contributed by atoms with E-state index in [1.807, 2.05) is 0 Å². The van der Waals surface area contributed by atoms with Crippen LogP contribution in [0.1, 0.15) is 6.92 Å². The molecule has 0 saturated heterocycles. The molecule has 0 spiro atoms. The summed E-state index contributed by atoms with van der Waals surface area (Å²) >= 11 is 0. The lowest BCUT2D eigenvalue weighted by Crippen LogP contribution is -2.52. The third kappa shape index (κ3) is 13.1. The van der Waals surface area contributed by atoms with Crippen LogP contribution in [0.2, 0.25) is 0 Å². The lowest BCUT2D eigenvalue weighted by molar-refractivity contribution is -0.311. The number of aliphatic carboxylic acids is 4. The zero-order chi connectivity index (χ0) is 16.6. The average molecular weight is 340 g/mol. The molecule has 0 saturated carbocycles. The topological polar surface area (TPSA) is 234 Å². The van der Waals surface area contributed by atoms with E-state index in [2.05, 4.69) is 0 Å². The van der Waals surface area contributed by atoms with E-state index in [0.717, 1.165) is 9.80 Å². The van der Waals surface area contributed by atoms with Gasteiger partial charge in [0.1, 0.15) is 0 Å². The largest absolute Gasteiger partial charge is 0.549 e. The van der Waals surface area contributed by atoms with Crippen molar-refractivity contribution in [1.82, 2.24) is 22.1 Å². The van der Waals surface area contributed by atoms with E-state index in [4.69, 9.17) is 10.2 Å². The molecule has 0 fully saturated rings. The molecule has 0 aliphatic heterocycles. The molecular formula is C11H24N4O8. The molecule has 136 valence electrons. The van der Waals surface area contributed by atoms with Crippen molar-refractivity contribution in [2.24, 2.45) is 0 Å². The van der Waals surface area contributed by atoms with Gasteiger partial charge in [0.2, 0.25) is 0 Å². The SMILES string of the molecule is CC(CN(CC(=O)O)CC(=O)O)N(CC(=O)[O-])CC(=O)[O-].[NH4+].[NH4+]. The number of carboxylic acids is 4. The van der Waals surface area contributed by atoms with Crippen molar-refractivity contribution in [3.05, 3.63) is 0 Å². The Hall–Kier alpha value is -2.28. The van der Waals surface area contributed by atoms with Crippen LogP contribution in [0.3, 0.4) is 0 Å². The van der Waals surface area contributed by atoms with Crippen LogP contribution in [-0.2, 0) is 19.2 Å². The van der Waals surface area contributed by atoms with Crippen LogP contribution in [0.5, 0.6) is 0 Å². The number of carboxylic acid groups (broad SMARTS) is 4. The molecule has 12 nitrogen and oxygen atoms in total. The van der Waals surface area contributed by atoms with Crippen LogP contribution in [0.25, 0.3) is 0 Å². The number of quaternary nitrogens is 2. The van der Waals surface area contributed by atoms with Gasteiger partial charge in [-0.15, -0.1) is 0 Å². The first-order valence-electron chi connectivity index (χ1n) is 5.91. The molecule has 0 aromatic heterocycles. The van der Waals surface area contributed by atoms with Crippen LogP contribution in [0.4, 0.5) is 0 Å². The third-order valence-electron chi connectivity index (χ3n) is 2.53. The van der Waals surface area contributed by atoms with Crippen molar-refractivity contribution in [2.75, 3.05) is 32.7 Å². The Bertz CT molecular complexity index is 385. The van der Waals surface area contributed by atoms with Gasteiger partial charge in [-0.05, 0) is 6.92 Å². The first-order valence-corrected chi connectivity index (χ1v) is 5.91. The van der Waals surface area contributed by atoms with Gasteiger partial charge >= 0.3 is 11.9 Å². The summed E-state index contributed by atoms with van der Waals surface area (Å²) in [6.07, 6.45) is 0. The summed E-state index contributed by atoms with van der Waals surface area (Å²) in [5.74, 6) is -5.53. The number of hydrogen-bond donors (Lipinski definition) is 4. The Morgan fingerprint density at radius 2 is 1.22 bits per heavy atom. The maximum Gasteiger partial charge on any atom is 0.317 e. The van der Waals surface area contributed by atoms with Crippen LogP contribution in [0, 0.1) is 0 Å². The van der Waals surface area contributed by atoms with Gasteiger partial charge in [0.05, 0.1) is 25.0 Å². The zero-order valence-corrected chi connectivity index (χ0v) is 13.4. The molecule has 0 radical (unpaired) electrons. The molecule has 23 heavy (non-hydrogen) atoms. The second-order valence-corrected chi connectivity index (χ2v) is 4.46. The maximum atomic E-state index is 10.6. The fourth-order valence-electron chi connectivity index (χ4n) is 1.76. The molecule has 0 heterocycles. The molecule has 0 amide bonds. The maximum absolute atomic E-state index is 10.6. The first kappa shape index (κ1) is 25.7. The van der Waals surface area contributed by atoms with Gasteiger partial charge < -0.3 is 42.3 Å². The molecule has 0 aliphatic rings. The van der Waals surface area contributed by atoms with Gasteiger partial charge in [-0.1, -0.05) is 0 Å². The zero-order valence-electron chi connectivity index (χ0n) is 13.4. The van der Waals surface area contributed by atoms with E-state index in [0.29, 0.717) is 0 Å². The highest BCUT2D eigenvalue weighted by molar-refractivity contribution is 5.72. The second kappa shape index (κ2) is 12.3. The van der Waals surface area contributed by atoms with Crippen molar-refractivity contribution in [3.63, 3.8) is 0 Å². The molecule has 1 atom stereocenters. The lowest BCUT2D eigenvalue weighted by Gasteiger charge is -2.32. The third-order valence-corrected chi connectivity index (χ3v) is 2.53. The molecule has 10 N–H and O–H groups in total. The fraction of sp³-hybridized carbons (Fsp3) is 0.636. The van der Waals surface area contributed by atoms with E-state index in [9.17, 15) is 29.4 Å². The second-order valence-electron chi connectivity index (χ2n) is 4.46. The number of nitrogens with zero attached hydrogens (tertiary/aromatic N) is 2. The molecule has 0 aromatic carbocycles. The molecule has 0 aromatic rings. The number of carbonyl (C=O) groups is 4. The summed E-state index contributed by atoms with van der Waals surface area (Å²) in [7, 11) is 0. The summed E-state index contributed by atoms with van der Waals surface area (Å²) in [6, 6.07) is -0.723. The lowest BCUT2D eigenvalue weighted by atomic mass is 10.2. The Labute approximate surface area is 132 Å². The average Bonchev–Trinajstić information content (AvgIpc) is 2.24. The summed E-state index contributed by atoms with van der Waals surface area (Å²) in [5.41, 5.74) is 0. The highest BCUT2D eigenvalue weighted by Gasteiger charge is 2.21. The highest BCUT2D eigenvalue weighted by atomic mass is 16.4. The van der Waals surface area contributed by atoms with Gasteiger partial charge in [0, 0.05) is 25.7 Å². The van der Waals surface area contributed by atoms with Crippen molar-refractivity contribution < 1.29 is 39.6 Å². The molecule has 1 unspecified atom stereocenters. The Kier molecular flexibility index (Phi) is 13.7. The van der Waals surface area contributed by atoms with E-state index in [-0.39, 0.29) is 18.8 Å². The van der Waals surface area contributed by atoms with Gasteiger partial charge in [-0.3, -0.25) is 19.4 Å². The van der Waals surface area contributed by atoms with Gasteiger partial charge in [0.15, 0.2) is 0 Å². The summed E-state index contributed by atoms with van der Waals surface area (Å²) < 4.78 is 0. The molecule has 0 aliphatic carbocycles. The van der Waals surface area contributed by atoms with Gasteiger partial charge in [-0.25, -0.2) is 0 Å². The van der Waals surface area contributed by atoms with E-state index < -0.39 is 56.1 Å². The van der Waals surface area contributed by atoms with E-state index in [1.165, 1.54) is 6.92 Å². The van der Waals surface area contributed by atoms with Crippen molar-refractivity contribution in [1.29, 1.82) is 0 Å². The minimum Gasteiger partial charge on any atom is -0.549 e. The van der Waals surface area contributed by atoms with E-state index >= 15 is 0 Å². The Morgan fingerprint density at radius 3 is 1.48 bits per heavy atom. The minimum absolute atomic E-state index is 0. The summed E-state index contributed by atoms with van der Waals surface area (Å²) in [6.45, 7) is -1.21. The molecule has 0 rings (SSSR count). The van der Waals surface area contributed by atoms with Crippen LogP contribution < -0.4 is 22.5 Å². The normalized spacial score (nSPS) is 11.3. The Balaban J connectivity index is -0.00000200. The Morgan fingerprint density at radius 1 is 0.870 bits per heavy atom. The van der Waals surface area contributed by atoms with Crippen molar-refractivity contribution in [3.8, 4) is 0 Å². The monoisotopic (exact) mass is 340 g/mol. The molecule has 0 bridgehead atoms. The smallest absolute Gasteiger partial charge is 0.317 e. The van der Waals surface area contributed by atoms with E-state index in [1.54, 1.807) is 0 Å². The molecular weight excluding hydrogens is 316 g/mol. The predicted octanol–water partition coefficient (Wildman–Crippen LogP) is -3.60. The quantitative estimate of drug-likeness (QED) is 0.288. The number of rotatable bonds is 11. The predicted molar refractivity (Wildman–Crippen MR) is 74.7 cm³/mol. The summed E-state index contributed by atoms with van der Waals surface area (Å²) in [4.78, 5) is 44.5. The summed E-state index contributed by atoms with van der Waals surface area (Å²) in [5, 5.41) is 38.5. The van der Waals surface area contributed by atoms with Crippen molar-refractivity contribution >= 4 is 23.9 Å². The highest BCUT2D eigenvalue weighted by Crippen LogP contribution is 2.02.